The van der Waals surface area contributed by atoms with Gasteiger partial charge < -0.3 is 10.1 Å². The Labute approximate surface area is 102 Å². The Hall–Kier alpha value is -1.98. The van der Waals surface area contributed by atoms with E-state index in [9.17, 15) is 0 Å². The third-order valence-corrected chi connectivity index (χ3v) is 2.67. The van der Waals surface area contributed by atoms with Gasteiger partial charge in [0.05, 0.1) is 13.7 Å². The van der Waals surface area contributed by atoms with Crippen LogP contribution in [0.3, 0.4) is 0 Å². The first-order valence-electron chi connectivity index (χ1n) is 5.54. The van der Waals surface area contributed by atoms with E-state index in [2.05, 4.69) is 35.5 Å². The van der Waals surface area contributed by atoms with Crippen LogP contribution in [0.2, 0.25) is 0 Å². The molecule has 2 aromatic carbocycles. The molecule has 2 nitrogen and oxygen atoms in total. The lowest BCUT2D eigenvalue weighted by Gasteiger charge is -2.05. The summed E-state index contributed by atoms with van der Waals surface area (Å²) in [6.45, 7) is 1.40. The number of ether oxygens (including phenoxy) is 1. The van der Waals surface area contributed by atoms with Gasteiger partial charge in [0.2, 0.25) is 0 Å². The molecule has 0 aliphatic carbocycles. The van der Waals surface area contributed by atoms with Crippen LogP contribution >= 0.6 is 0 Å². The van der Waals surface area contributed by atoms with Crippen molar-refractivity contribution in [3.8, 4) is 18.1 Å². The monoisotopic (exact) mass is 225 g/mol. The number of rotatable bonds is 4. The van der Waals surface area contributed by atoms with Gasteiger partial charge in [-0.2, -0.15) is 0 Å². The highest BCUT2D eigenvalue weighted by Crippen LogP contribution is 2.21. The molecule has 2 rings (SSSR count). The maximum absolute atomic E-state index is 5.20. The number of methoxy groups -OCH3 is 1. The van der Waals surface area contributed by atoms with E-state index in [1.54, 1.807) is 7.11 Å². The van der Waals surface area contributed by atoms with E-state index in [0.29, 0.717) is 6.54 Å². The van der Waals surface area contributed by atoms with Crippen molar-refractivity contribution >= 4 is 10.8 Å². The predicted octanol–water partition coefficient (Wildman–Crippen LogP) is 2.57. The van der Waals surface area contributed by atoms with E-state index in [0.717, 1.165) is 12.3 Å². The van der Waals surface area contributed by atoms with Gasteiger partial charge in [-0.25, -0.2) is 0 Å². The lowest BCUT2D eigenvalue weighted by Crippen LogP contribution is -2.12. The molecule has 0 spiro atoms. The van der Waals surface area contributed by atoms with Crippen LogP contribution in [0.5, 0.6) is 5.75 Å². The molecule has 1 N–H and O–H groups in total. The molecule has 0 unspecified atom stereocenters. The fourth-order valence-corrected chi connectivity index (χ4v) is 1.79. The standard InChI is InChI=1S/C15H15NO/c1-3-8-16-11-12-4-5-14-10-15(17-2)7-6-13(14)9-12/h1,4-7,9-10,16H,8,11H2,2H3. The van der Waals surface area contributed by atoms with E-state index >= 15 is 0 Å². The van der Waals surface area contributed by atoms with Gasteiger partial charge in [-0.15, -0.1) is 6.42 Å². The number of hydrogen-bond donors (Lipinski definition) is 1. The SMILES string of the molecule is C#CCNCc1ccc2cc(OC)ccc2c1. The lowest BCUT2D eigenvalue weighted by atomic mass is 10.1. The van der Waals surface area contributed by atoms with E-state index in [4.69, 9.17) is 11.2 Å². The number of nitrogens with one attached hydrogen (secondary N) is 1. The van der Waals surface area contributed by atoms with Gasteiger partial charge in [-0.05, 0) is 34.5 Å². The van der Waals surface area contributed by atoms with Crippen LogP contribution in [0.15, 0.2) is 36.4 Å². The second kappa shape index (κ2) is 5.38. The Morgan fingerprint density at radius 1 is 1.18 bits per heavy atom. The smallest absolute Gasteiger partial charge is 0.119 e. The number of terminal acetylenes is 1. The molecular weight excluding hydrogens is 210 g/mol. The fraction of sp³-hybridized carbons (Fsp3) is 0.200. The molecular formula is C15H15NO. The minimum Gasteiger partial charge on any atom is -0.497 e. The normalized spacial score (nSPS) is 10.1. The maximum Gasteiger partial charge on any atom is 0.119 e. The zero-order chi connectivity index (χ0) is 12.1. The third-order valence-electron chi connectivity index (χ3n) is 2.67. The molecule has 0 saturated heterocycles. The van der Waals surface area contributed by atoms with Crippen molar-refractivity contribution in [3.05, 3.63) is 42.0 Å². The molecule has 0 saturated carbocycles. The highest BCUT2D eigenvalue weighted by Gasteiger charge is 1.98. The average Bonchev–Trinajstić information content (AvgIpc) is 2.38. The van der Waals surface area contributed by atoms with Crippen molar-refractivity contribution < 1.29 is 4.74 Å². The Bertz CT molecular complexity index is 554. The van der Waals surface area contributed by atoms with E-state index in [1.165, 1.54) is 16.3 Å². The third kappa shape index (κ3) is 2.77. The Balaban J connectivity index is 2.23. The van der Waals surface area contributed by atoms with Crippen LogP contribution in [-0.4, -0.2) is 13.7 Å². The molecule has 0 radical (unpaired) electrons. The van der Waals surface area contributed by atoms with Crippen molar-refractivity contribution in [2.75, 3.05) is 13.7 Å². The van der Waals surface area contributed by atoms with Crippen LogP contribution in [0.4, 0.5) is 0 Å². The molecule has 2 heteroatoms. The predicted molar refractivity (Wildman–Crippen MR) is 71.0 cm³/mol. The molecule has 0 atom stereocenters. The molecule has 86 valence electrons. The lowest BCUT2D eigenvalue weighted by molar-refractivity contribution is 0.415. The second-order valence-electron chi connectivity index (χ2n) is 3.86. The molecule has 0 bridgehead atoms. The van der Waals surface area contributed by atoms with Crippen LogP contribution in [0.25, 0.3) is 10.8 Å². The van der Waals surface area contributed by atoms with Crippen LogP contribution in [0, 0.1) is 12.3 Å². The summed E-state index contributed by atoms with van der Waals surface area (Å²) >= 11 is 0. The highest BCUT2D eigenvalue weighted by atomic mass is 16.5. The molecule has 0 fully saturated rings. The minimum absolute atomic E-state index is 0.598. The van der Waals surface area contributed by atoms with Gasteiger partial charge in [-0.1, -0.05) is 24.1 Å². The average molecular weight is 225 g/mol. The maximum atomic E-state index is 5.20. The van der Waals surface area contributed by atoms with Gasteiger partial charge >= 0.3 is 0 Å². The molecule has 0 aromatic heterocycles. The van der Waals surface area contributed by atoms with Crippen LogP contribution in [0.1, 0.15) is 5.56 Å². The van der Waals surface area contributed by atoms with Gasteiger partial charge in [0.1, 0.15) is 5.75 Å². The molecule has 0 heterocycles. The minimum atomic E-state index is 0.598. The van der Waals surface area contributed by atoms with Crippen molar-refractivity contribution in [2.45, 2.75) is 6.54 Å². The number of hydrogen-bond acceptors (Lipinski definition) is 2. The largest absolute Gasteiger partial charge is 0.497 e. The van der Waals surface area contributed by atoms with Gasteiger partial charge in [0, 0.05) is 6.54 Å². The Kier molecular flexibility index (Phi) is 3.64. The summed E-state index contributed by atoms with van der Waals surface area (Å²) in [5.41, 5.74) is 1.23. The summed E-state index contributed by atoms with van der Waals surface area (Å²) in [7, 11) is 1.68. The Morgan fingerprint density at radius 2 is 1.94 bits per heavy atom. The zero-order valence-electron chi connectivity index (χ0n) is 9.86. The van der Waals surface area contributed by atoms with Crippen molar-refractivity contribution in [3.63, 3.8) is 0 Å². The van der Waals surface area contributed by atoms with Gasteiger partial charge in [0.15, 0.2) is 0 Å². The summed E-state index contributed by atoms with van der Waals surface area (Å²) in [6.07, 6.45) is 5.19. The topological polar surface area (TPSA) is 21.3 Å². The number of fused-ring (bicyclic) bond motifs is 1. The van der Waals surface area contributed by atoms with Gasteiger partial charge in [0.25, 0.3) is 0 Å². The van der Waals surface area contributed by atoms with Crippen molar-refractivity contribution in [1.82, 2.24) is 5.32 Å². The first kappa shape index (κ1) is 11.5. The summed E-state index contributed by atoms with van der Waals surface area (Å²) in [5.74, 6) is 3.45. The molecule has 0 amide bonds. The van der Waals surface area contributed by atoms with Gasteiger partial charge in [-0.3, -0.25) is 0 Å². The molecule has 0 aliphatic heterocycles. The Morgan fingerprint density at radius 3 is 2.71 bits per heavy atom. The summed E-state index contributed by atoms with van der Waals surface area (Å²) in [6, 6.07) is 12.4. The summed E-state index contributed by atoms with van der Waals surface area (Å²) in [4.78, 5) is 0. The molecule has 17 heavy (non-hydrogen) atoms. The van der Waals surface area contributed by atoms with E-state index in [1.807, 2.05) is 12.1 Å². The van der Waals surface area contributed by atoms with E-state index in [-0.39, 0.29) is 0 Å². The summed E-state index contributed by atoms with van der Waals surface area (Å²) in [5, 5.41) is 5.58. The number of benzene rings is 2. The van der Waals surface area contributed by atoms with E-state index < -0.39 is 0 Å². The molecule has 0 aliphatic rings. The zero-order valence-corrected chi connectivity index (χ0v) is 9.86. The van der Waals surface area contributed by atoms with Crippen LogP contribution in [-0.2, 0) is 6.54 Å². The highest BCUT2D eigenvalue weighted by molar-refractivity contribution is 5.84. The first-order valence-corrected chi connectivity index (χ1v) is 5.54. The first-order chi connectivity index (χ1) is 8.33. The van der Waals surface area contributed by atoms with Crippen molar-refractivity contribution in [2.24, 2.45) is 0 Å². The van der Waals surface area contributed by atoms with Crippen LogP contribution < -0.4 is 10.1 Å². The fourth-order valence-electron chi connectivity index (χ4n) is 1.79. The second-order valence-corrected chi connectivity index (χ2v) is 3.86. The quantitative estimate of drug-likeness (QED) is 0.638. The van der Waals surface area contributed by atoms with Crippen molar-refractivity contribution in [1.29, 1.82) is 0 Å². The summed E-state index contributed by atoms with van der Waals surface area (Å²) < 4.78 is 5.20. The molecule has 2 aromatic rings.